The highest BCUT2D eigenvalue weighted by Gasteiger charge is 2.28. The number of piperidine rings is 1. The molecule has 1 heterocycles. The zero-order valence-corrected chi connectivity index (χ0v) is 14.8. The van der Waals surface area contributed by atoms with Crippen LogP contribution < -0.4 is 10.2 Å². The lowest BCUT2D eigenvalue weighted by Crippen LogP contribution is -2.47. The number of halogens is 1. The molecule has 5 nitrogen and oxygen atoms in total. The van der Waals surface area contributed by atoms with E-state index < -0.39 is 6.04 Å². The van der Waals surface area contributed by atoms with Crippen LogP contribution in [0.5, 0.6) is 0 Å². The minimum absolute atomic E-state index is 0.0657. The number of hydrogen-bond acceptors (Lipinski definition) is 3. The molecule has 1 N–H and O–H groups in total. The van der Waals surface area contributed by atoms with Gasteiger partial charge in [0.15, 0.2) is 0 Å². The minimum Gasteiger partial charge on any atom is -0.376 e. The van der Waals surface area contributed by atoms with Crippen LogP contribution >= 0.6 is 15.9 Å². The second-order valence-corrected chi connectivity index (χ2v) is 6.68. The van der Waals surface area contributed by atoms with Crippen LogP contribution in [0, 0.1) is 0 Å². The summed E-state index contributed by atoms with van der Waals surface area (Å²) in [5, 5.41) is 2.95. The molecule has 1 fully saturated rings. The normalized spacial score (nSPS) is 16.4. The molecule has 2 amide bonds. The zero-order chi connectivity index (χ0) is 16.3. The fourth-order valence-electron chi connectivity index (χ4n) is 2.61. The molecule has 1 aliphatic heterocycles. The van der Waals surface area contributed by atoms with E-state index in [0.29, 0.717) is 13.0 Å². The lowest BCUT2D eigenvalue weighted by Gasteiger charge is -2.32. The maximum atomic E-state index is 12.5. The lowest BCUT2D eigenvalue weighted by molar-refractivity contribution is -0.140. The Balaban J connectivity index is 2.14. The van der Waals surface area contributed by atoms with Gasteiger partial charge in [0.1, 0.15) is 6.04 Å². The zero-order valence-electron chi connectivity index (χ0n) is 13.2. The molecule has 6 heteroatoms. The summed E-state index contributed by atoms with van der Waals surface area (Å²) in [5.74, 6) is -0.0903. The molecule has 1 aromatic carbocycles. The Morgan fingerprint density at radius 1 is 1.36 bits per heavy atom. The van der Waals surface area contributed by atoms with Gasteiger partial charge in [-0.2, -0.15) is 0 Å². The van der Waals surface area contributed by atoms with Crippen LogP contribution in [0.3, 0.4) is 0 Å². The van der Waals surface area contributed by atoms with Crippen LogP contribution in [0.4, 0.5) is 11.4 Å². The van der Waals surface area contributed by atoms with Crippen LogP contribution in [0.25, 0.3) is 0 Å². The van der Waals surface area contributed by atoms with Crippen molar-refractivity contribution < 1.29 is 9.59 Å². The van der Waals surface area contributed by atoms with Crippen molar-refractivity contribution in [3.05, 3.63) is 22.7 Å². The van der Waals surface area contributed by atoms with Crippen molar-refractivity contribution in [1.29, 1.82) is 0 Å². The highest BCUT2D eigenvalue weighted by atomic mass is 79.9. The Morgan fingerprint density at radius 2 is 2.09 bits per heavy atom. The Kier molecular flexibility index (Phi) is 5.45. The molecular weight excluding hydrogens is 346 g/mol. The average molecular weight is 368 g/mol. The first-order valence-electron chi connectivity index (χ1n) is 7.47. The smallest absolute Gasteiger partial charge is 0.246 e. The van der Waals surface area contributed by atoms with Gasteiger partial charge in [0.25, 0.3) is 0 Å². The summed E-state index contributed by atoms with van der Waals surface area (Å²) in [7, 11) is 3.85. The van der Waals surface area contributed by atoms with Crippen molar-refractivity contribution in [2.45, 2.75) is 32.2 Å². The topological polar surface area (TPSA) is 52.7 Å². The van der Waals surface area contributed by atoms with E-state index in [1.54, 1.807) is 11.8 Å². The van der Waals surface area contributed by atoms with Crippen LogP contribution in [-0.2, 0) is 9.59 Å². The molecule has 0 radical (unpaired) electrons. The van der Waals surface area contributed by atoms with Gasteiger partial charge in [0, 0.05) is 31.5 Å². The van der Waals surface area contributed by atoms with E-state index in [1.807, 2.05) is 37.2 Å². The van der Waals surface area contributed by atoms with E-state index in [0.717, 1.165) is 28.7 Å². The van der Waals surface area contributed by atoms with E-state index in [1.165, 1.54) is 0 Å². The number of nitrogens with one attached hydrogen (secondary N) is 1. The highest BCUT2D eigenvalue weighted by molar-refractivity contribution is 9.10. The molecule has 1 saturated heterocycles. The Bertz CT molecular complexity index is 575. The van der Waals surface area contributed by atoms with Crippen molar-refractivity contribution >= 4 is 39.1 Å². The third kappa shape index (κ3) is 3.80. The summed E-state index contributed by atoms with van der Waals surface area (Å²) in [5.41, 5.74) is 1.66. The van der Waals surface area contributed by atoms with Gasteiger partial charge in [-0.3, -0.25) is 9.59 Å². The molecular formula is C16H22BrN3O2. The van der Waals surface area contributed by atoms with Crippen LogP contribution in [-0.4, -0.2) is 43.4 Å². The summed E-state index contributed by atoms with van der Waals surface area (Å²) in [4.78, 5) is 28.1. The molecule has 1 aliphatic rings. The number of carbonyl (C=O) groups excluding carboxylic acids is 2. The molecule has 22 heavy (non-hydrogen) atoms. The van der Waals surface area contributed by atoms with Crippen molar-refractivity contribution in [1.82, 2.24) is 4.90 Å². The second-order valence-electron chi connectivity index (χ2n) is 5.77. The van der Waals surface area contributed by atoms with Gasteiger partial charge in [-0.25, -0.2) is 0 Å². The Hall–Kier alpha value is -1.56. The maximum absolute atomic E-state index is 12.5. The molecule has 1 atom stereocenters. The van der Waals surface area contributed by atoms with E-state index in [9.17, 15) is 9.59 Å². The molecule has 0 spiro atoms. The average Bonchev–Trinajstić information content (AvgIpc) is 2.46. The molecule has 0 aliphatic carbocycles. The van der Waals surface area contributed by atoms with Crippen molar-refractivity contribution in [3.63, 3.8) is 0 Å². The SMILES string of the molecule is CC(C(=O)Nc1cc(Br)ccc1N(C)C)N1CCCCC1=O. The van der Waals surface area contributed by atoms with Crippen LogP contribution in [0.15, 0.2) is 22.7 Å². The Labute approximate surface area is 139 Å². The minimum atomic E-state index is -0.457. The van der Waals surface area contributed by atoms with Gasteiger partial charge in [0.2, 0.25) is 11.8 Å². The summed E-state index contributed by atoms with van der Waals surface area (Å²) >= 11 is 3.42. The summed E-state index contributed by atoms with van der Waals surface area (Å²) in [6, 6.07) is 5.29. The first kappa shape index (κ1) is 16.8. The van der Waals surface area contributed by atoms with Gasteiger partial charge in [-0.05, 0) is 38.0 Å². The van der Waals surface area contributed by atoms with Crippen molar-refractivity contribution in [3.8, 4) is 0 Å². The van der Waals surface area contributed by atoms with Gasteiger partial charge in [-0.1, -0.05) is 15.9 Å². The molecule has 120 valence electrons. The number of carbonyl (C=O) groups is 2. The molecule has 0 bridgehead atoms. The van der Waals surface area contributed by atoms with Crippen molar-refractivity contribution in [2.75, 3.05) is 30.9 Å². The number of likely N-dealkylation sites (tertiary alicyclic amines) is 1. The first-order valence-corrected chi connectivity index (χ1v) is 8.26. The quantitative estimate of drug-likeness (QED) is 0.889. The van der Waals surface area contributed by atoms with Gasteiger partial charge in [0.05, 0.1) is 11.4 Å². The molecule has 1 unspecified atom stereocenters. The number of anilines is 2. The van der Waals surface area contributed by atoms with E-state index in [2.05, 4.69) is 21.2 Å². The molecule has 1 aromatic rings. The summed E-state index contributed by atoms with van der Waals surface area (Å²) in [6.45, 7) is 2.44. The highest BCUT2D eigenvalue weighted by Crippen LogP contribution is 2.28. The number of rotatable bonds is 4. The number of amides is 2. The largest absolute Gasteiger partial charge is 0.376 e. The predicted octanol–water partition coefficient (Wildman–Crippen LogP) is 2.85. The van der Waals surface area contributed by atoms with Crippen LogP contribution in [0.1, 0.15) is 26.2 Å². The maximum Gasteiger partial charge on any atom is 0.246 e. The molecule has 0 aromatic heterocycles. The predicted molar refractivity (Wildman–Crippen MR) is 92.1 cm³/mol. The van der Waals surface area contributed by atoms with Gasteiger partial charge >= 0.3 is 0 Å². The molecule has 2 rings (SSSR count). The standard InChI is InChI=1S/C16H22BrN3O2/c1-11(20-9-5-4-6-15(20)21)16(22)18-13-10-12(17)7-8-14(13)19(2)3/h7-8,10-11H,4-6,9H2,1-3H3,(H,18,22). The third-order valence-electron chi connectivity index (χ3n) is 3.91. The fourth-order valence-corrected chi connectivity index (χ4v) is 2.97. The summed E-state index contributed by atoms with van der Waals surface area (Å²) in [6.07, 6.45) is 2.42. The Morgan fingerprint density at radius 3 is 2.73 bits per heavy atom. The number of benzene rings is 1. The second kappa shape index (κ2) is 7.13. The van der Waals surface area contributed by atoms with Gasteiger partial charge < -0.3 is 15.1 Å². The first-order chi connectivity index (χ1) is 10.4. The van der Waals surface area contributed by atoms with Gasteiger partial charge in [-0.15, -0.1) is 0 Å². The van der Waals surface area contributed by atoms with E-state index in [-0.39, 0.29) is 11.8 Å². The van der Waals surface area contributed by atoms with E-state index in [4.69, 9.17) is 0 Å². The monoisotopic (exact) mass is 367 g/mol. The fraction of sp³-hybridized carbons (Fsp3) is 0.500. The third-order valence-corrected chi connectivity index (χ3v) is 4.40. The summed E-state index contributed by atoms with van der Waals surface area (Å²) < 4.78 is 0.898. The lowest BCUT2D eigenvalue weighted by atomic mass is 10.1. The number of nitrogens with zero attached hydrogens (tertiary/aromatic N) is 2. The number of hydrogen-bond donors (Lipinski definition) is 1. The van der Waals surface area contributed by atoms with Crippen LogP contribution in [0.2, 0.25) is 0 Å². The molecule has 0 saturated carbocycles. The van der Waals surface area contributed by atoms with Crippen molar-refractivity contribution in [2.24, 2.45) is 0 Å². The van der Waals surface area contributed by atoms with E-state index >= 15 is 0 Å².